The number of hydrogen-bond acceptors (Lipinski definition) is 3. The molecule has 0 saturated heterocycles. The maximum atomic E-state index is 12.2. The second-order valence-electron chi connectivity index (χ2n) is 4.12. The van der Waals surface area contributed by atoms with E-state index in [-0.39, 0.29) is 17.0 Å². The van der Waals surface area contributed by atoms with E-state index in [0.29, 0.717) is 5.56 Å². The van der Waals surface area contributed by atoms with Crippen molar-refractivity contribution in [3.8, 4) is 5.75 Å². The molecule has 0 aliphatic carbocycles. The van der Waals surface area contributed by atoms with Crippen molar-refractivity contribution in [1.82, 2.24) is 0 Å². The molecule has 0 saturated carbocycles. The average Bonchev–Trinajstić information content (AvgIpc) is 2.43. The fourth-order valence-corrected chi connectivity index (χ4v) is 2.57. The van der Waals surface area contributed by atoms with Gasteiger partial charge in [0.2, 0.25) is 0 Å². The molecular weight excluding hydrogens is 453 g/mol. The van der Waals surface area contributed by atoms with Gasteiger partial charge in [0.05, 0.1) is 16.8 Å². The lowest BCUT2D eigenvalue weighted by Gasteiger charge is -2.09. The number of aromatic hydroxyl groups is 1. The largest absolute Gasteiger partial charge is 0.506 e. The van der Waals surface area contributed by atoms with Crippen molar-refractivity contribution < 1.29 is 19.8 Å². The molecule has 0 radical (unpaired) electrons. The highest BCUT2D eigenvalue weighted by Crippen LogP contribution is 2.26. The van der Waals surface area contributed by atoms with E-state index in [1.165, 1.54) is 18.2 Å². The number of carboxylic acid groups (broad SMARTS) is 1. The summed E-state index contributed by atoms with van der Waals surface area (Å²) in [6, 6.07) is 8.92. The van der Waals surface area contributed by atoms with Crippen LogP contribution in [0.3, 0.4) is 0 Å². The molecule has 0 aliphatic heterocycles. The number of carbonyl (C=O) groups is 2. The highest BCUT2D eigenvalue weighted by Gasteiger charge is 2.14. The maximum Gasteiger partial charge on any atom is 0.335 e. The van der Waals surface area contributed by atoms with Gasteiger partial charge in [-0.05, 0) is 59.0 Å². The number of carbonyl (C=O) groups excluding carboxylic acids is 1. The zero-order chi connectivity index (χ0) is 15.6. The third-order valence-electron chi connectivity index (χ3n) is 2.66. The van der Waals surface area contributed by atoms with Crippen LogP contribution in [0.2, 0.25) is 0 Å². The van der Waals surface area contributed by atoms with Crippen molar-refractivity contribution in [2.75, 3.05) is 5.32 Å². The Hall–Kier alpha value is -1.61. The summed E-state index contributed by atoms with van der Waals surface area (Å²) in [5.41, 5.74) is 0.452. The van der Waals surface area contributed by atoms with Crippen molar-refractivity contribution in [3.63, 3.8) is 0 Å². The molecule has 0 unspecified atom stereocenters. The van der Waals surface area contributed by atoms with Crippen LogP contribution >= 0.6 is 38.5 Å². The predicted octanol–water partition coefficient (Wildman–Crippen LogP) is 3.71. The zero-order valence-corrected chi connectivity index (χ0v) is 14.2. The van der Waals surface area contributed by atoms with Gasteiger partial charge in [-0.1, -0.05) is 15.9 Å². The third-order valence-corrected chi connectivity index (χ3v) is 4.10. The predicted molar refractivity (Wildman–Crippen MR) is 89.9 cm³/mol. The minimum Gasteiger partial charge on any atom is -0.506 e. The van der Waals surface area contributed by atoms with Gasteiger partial charge in [-0.2, -0.15) is 0 Å². The third kappa shape index (κ3) is 3.73. The number of phenols is 1. The van der Waals surface area contributed by atoms with Crippen LogP contribution in [0.25, 0.3) is 0 Å². The number of carboxylic acids is 1. The van der Waals surface area contributed by atoms with Gasteiger partial charge in [-0.15, -0.1) is 0 Å². The Morgan fingerprint density at radius 2 is 1.86 bits per heavy atom. The van der Waals surface area contributed by atoms with Gasteiger partial charge >= 0.3 is 5.97 Å². The first-order valence-corrected chi connectivity index (χ1v) is 7.58. The summed E-state index contributed by atoms with van der Waals surface area (Å²) in [5.74, 6) is -1.76. The summed E-state index contributed by atoms with van der Waals surface area (Å²) in [6.45, 7) is 0. The second-order valence-corrected chi connectivity index (χ2v) is 6.19. The van der Waals surface area contributed by atoms with Crippen molar-refractivity contribution in [2.24, 2.45) is 0 Å². The highest BCUT2D eigenvalue weighted by molar-refractivity contribution is 14.1. The van der Waals surface area contributed by atoms with Crippen molar-refractivity contribution in [3.05, 3.63) is 55.6 Å². The molecular formula is C14H9BrINO4. The fraction of sp³-hybridized carbons (Fsp3) is 0. The smallest absolute Gasteiger partial charge is 0.335 e. The molecule has 0 aliphatic rings. The van der Waals surface area contributed by atoms with Gasteiger partial charge in [0.25, 0.3) is 5.91 Å². The molecule has 108 valence electrons. The van der Waals surface area contributed by atoms with Crippen LogP contribution in [-0.4, -0.2) is 22.1 Å². The van der Waals surface area contributed by atoms with E-state index in [4.69, 9.17) is 5.11 Å². The number of halogens is 2. The molecule has 0 atom stereocenters. The standard InChI is InChI=1S/C14H9BrINO4/c15-8-2-3-10(16)9(6-8)13(19)17-11-5-7(14(20)21)1-4-12(11)18/h1-6,18H,(H,17,19)(H,20,21). The Kier molecular flexibility index (Phi) is 4.84. The topological polar surface area (TPSA) is 86.6 Å². The lowest BCUT2D eigenvalue weighted by molar-refractivity contribution is 0.0696. The van der Waals surface area contributed by atoms with Gasteiger partial charge in [-0.3, -0.25) is 4.79 Å². The number of hydrogen-bond donors (Lipinski definition) is 3. The zero-order valence-electron chi connectivity index (χ0n) is 10.4. The van der Waals surface area contributed by atoms with Gasteiger partial charge in [0.15, 0.2) is 0 Å². The van der Waals surface area contributed by atoms with E-state index in [1.54, 1.807) is 18.2 Å². The molecule has 0 bridgehead atoms. The molecule has 5 nitrogen and oxygen atoms in total. The number of phenolic OH excluding ortho intramolecular Hbond substituents is 1. The molecule has 2 rings (SSSR count). The number of benzene rings is 2. The van der Waals surface area contributed by atoms with Crippen LogP contribution < -0.4 is 5.32 Å². The highest BCUT2D eigenvalue weighted by atomic mass is 127. The summed E-state index contributed by atoms with van der Waals surface area (Å²) in [4.78, 5) is 23.1. The van der Waals surface area contributed by atoms with Gasteiger partial charge in [0, 0.05) is 8.04 Å². The first-order valence-electron chi connectivity index (χ1n) is 5.71. The number of amides is 1. The number of aromatic carboxylic acids is 1. The number of rotatable bonds is 3. The molecule has 0 heterocycles. The van der Waals surface area contributed by atoms with Gasteiger partial charge in [-0.25, -0.2) is 4.79 Å². The Bertz CT molecular complexity index is 733. The molecule has 2 aromatic rings. The Morgan fingerprint density at radius 1 is 1.14 bits per heavy atom. The van der Waals surface area contributed by atoms with Crippen LogP contribution in [0.1, 0.15) is 20.7 Å². The fourth-order valence-electron chi connectivity index (χ4n) is 1.63. The normalized spacial score (nSPS) is 10.2. The first kappa shape index (κ1) is 15.8. The Morgan fingerprint density at radius 3 is 2.52 bits per heavy atom. The molecule has 0 fully saturated rings. The maximum absolute atomic E-state index is 12.2. The summed E-state index contributed by atoms with van der Waals surface area (Å²) in [6.07, 6.45) is 0. The molecule has 1 amide bonds. The van der Waals surface area contributed by atoms with Gasteiger partial charge < -0.3 is 15.5 Å². The van der Waals surface area contributed by atoms with Crippen molar-refractivity contribution >= 4 is 56.1 Å². The van der Waals surface area contributed by atoms with E-state index in [9.17, 15) is 14.7 Å². The van der Waals surface area contributed by atoms with E-state index in [0.717, 1.165) is 8.04 Å². The number of nitrogens with one attached hydrogen (secondary N) is 1. The summed E-state index contributed by atoms with van der Waals surface area (Å²) >= 11 is 5.31. The van der Waals surface area contributed by atoms with Crippen LogP contribution in [-0.2, 0) is 0 Å². The number of anilines is 1. The Balaban J connectivity index is 2.33. The van der Waals surface area contributed by atoms with E-state index < -0.39 is 11.9 Å². The van der Waals surface area contributed by atoms with E-state index >= 15 is 0 Å². The molecule has 0 aromatic heterocycles. The molecule has 0 spiro atoms. The van der Waals surface area contributed by atoms with Crippen molar-refractivity contribution in [1.29, 1.82) is 0 Å². The minimum absolute atomic E-state index is 0.0213. The van der Waals surface area contributed by atoms with Crippen molar-refractivity contribution in [2.45, 2.75) is 0 Å². The molecule has 2 aromatic carbocycles. The molecule has 3 N–H and O–H groups in total. The monoisotopic (exact) mass is 461 g/mol. The van der Waals surface area contributed by atoms with Crippen LogP contribution in [0.4, 0.5) is 5.69 Å². The summed E-state index contributed by atoms with van der Waals surface area (Å²) in [5, 5.41) is 21.2. The minimum atomic E-state index is -1.14. The van der Waals surface area contributed by atoms with Crippen LogP contribution in [0.5, 0.6) is 5.75 Å². The van der Waals surface area contributed by atoms with Crippen LogP contribution in [0.15, 0.2) is 40.9 Å². The summed E-state index contributed by atoms with van der Waals surface area (Å²) in [7, 11) is 0. The van der Waals surface area contributed by atoms with Crippen LogP contribution in [0, 0.1) is 3.57 Å². The van der Waals surface area contributed by atoms with E-state index in [2.05, 4.69) is 21.2 Å². The quantitative estimate of drug-likeness (QED) is 0.480. The lowest BCUT2D eigenvalue weighted by atomic mass is 10.1. The molecule has 21 heavy (non-hydrogen) atoms. The Labute approximate surface area is 142 Å². The second kappa shape index (κ2) is 6.44. The van der Waals surface area contributed by atoms with Gasteiger partial charge in [0.1, 0.15) is 5.75 Å². The first-order chi connectivity index (χ1) is 9.88. The van der Waals surface area contributed by atoms with E-state index in [1.807, 2.05) is 22.6 Å². The average molecular weight is 462 g/mol. The summed E-state index contributed by atoms with van der Waals surface area (Å²) < 4.78 is 1.48. The SMILES string of the molecule is O=C(O)c1ccc(O)c(NC(=O)c2cc(Br)ccc2I)c1. The lowest BCUT2D eigenvalue weighted by Crippen LogP contribution is -2.14. The molecule has 7 heteroatoms.